The second-order valence-corrected chi connectivity index (χ2v) is 20.6. The lowest BCUT2D eigenvalue weighted by Gasteiger charge is -2.43. The van der Waals surface area contributed by atoms with Crippen LogP contribution in [0.2, 0.25) is 0 Å². The van der Waals surface area contributed by atoms with Crippen LogP contribution >= 0.6 is 0 Å². The van der Waals surface area contributed by atoms with Gasteiger partial charge in [0, 0.05) is 64.9 Å². The molecule has 3 heterocycles. The number of aliphatic hydroxyl groups excluding tert-OH is 2. The van der Waals surface area contributed by atoms with E-state index in [4.69, 9.17) is 23.7 Å². The number of nitrogens with zero attached hydrogens (tertiary/aromatic N) is 1. The van der Waals surface area contributed by atoms with Gasteiger partial charge in [0.25, 0.3) is 11.7 Å². The molecule has 1 aliphatic carbocycles. The largest absolute Gasteiger partial charge is 0.394 e. The van der Waals surface area contributed by atoms with E-state index in [1.807, 2.05) is 51.2 Å². The summed E-state index contributed by atoms with van der Waals surface area (Å²) in [5, 5.41) is 32.9. The first kappa shape index (κ1) is 57.4. The van der Waals surface area contributed by atoms with E-state index in [0.29, 0.717) is 63.4 Å². The number of rotatable bonds is 9. The van der Waals surface area contributed by atoms with Crippen LogP contribution in [0.5, 0.6) is 0 Å². The van der Waals surface area contributed by atoms with Crippen molar-refractivity contribution in [2.45, 2.75) is 180 Å². The van der Waals surface area contributed by atoms with Gasteiger partial charge in [0.05, 0.1) is 43.7 Å². The van der Waals surface area contributed by atoms with Crippen LogP contribution in [-0.4, -0.2) is 139 Å². The van der Waals surface area contributed by atoms with Crippen molar-refractivity contribution in [2.24, 2.45) is 41.4 Å². The van der Waals surface area contributed by atoms with Gasteiger partial charge in [0.2, 0.25) is 5.79 Å². The van der Waals surface area contributed by atoms with Gasteiger partial charge in [-0.1, -0.05) is 71.1 Å². The van der Waals surface area contributed by atoms with Gasteiger partial charge in [-0.05, 0) is 113 Å². The minimum atomic E-state index is -2.39. The third kappa shape index (κ3) is 15.4. The summed E-state index contributed by atoms with van der Waals surface area (Å²) in [5.41, 5.74) is 1.32. The lowest BCUT2D eigenvalue weighted by atomic mass is 9.74. The molecule has 4 rings (SSSR count). The highest BCUT2D eigenvalue weighted by Crippen LogP contribution is 2.39. The fraction of sp³-hybridized carbons (Fsp3) is 0.759. The van der Waals surface area contributed by atoms with Crippen LogP contribution in [0, 0.1) is 41.4 Å². The summed E-state index contributed by atoms with van der Waals surface area (Å²) >= 11 is 0. The Hall–Kier alpha value is -3.21. The Morgan fingerprint density at radius 1 is 0.824 bits per heavy atom. The Balaban J connectivity index is 1.70. The minimum absolute atomic E-state index is 0.0122. The minimum Gasteiger partial charge on any atom is -0.394 e. The zero-order chi connectivity index (χ0) is 50.3. The van der Waals surface area contributed by atoms with Crippen molar-refractivity contribution >= 4 is 29.0 Å². The molecule has 1 saturated carbocycles. The number of methoxy groups -OCH3 is 3. The lowest BCUT2D eigenvalue weighted by molar-refractivity contribution is -0.265. The fourth-order valence-corrected chi connectivity index (χ4v) is 11.0. The number of ether oxygens (including phenoxy) is 5. The number of piperidine rings is 1. The Morgan fingerprint density at radius 3 is 2.22 bits per heavy atom. The summed E-state index contributed by atoms with van der Waals surface area (Å²) in [6.45, 7) is 13.3. The van der Waals surface area contributed by atoms with E-state index < -0.39 is 71.6 Å². The molecule has 384 valence electrons. The number of amides is 1. The first-order chi connectivity index (χ1) is 32.3. The normalized spacial score (nSPS) is 38.0. The highest BCUT2D eigenvalue weighted by molar-refractivity contribution is 6.39. The van der Waals surface area contributed by atoms with E-state index in [1.54, 1.807) is 41.1 Å². The Kier molecular flexibility index (Phi) is 23.1. The van der Waals surface area contributed by atoms with E-state index in [1.165, 1.54) is 12.0 Å². The maximum atomic E-state index is 14.7. The second-order valence-electron chi connectivity index (χ2n) is 20.6. The predicted octanol–water partition coefficient (Wildman–Crippen LogP) is 6.86. The standard InChI is InChI=1S/C54H85NO13/c1-33-16-12-11-13-17-34(2)47(64-8)32-42-21-19-39(7)54(63,68-42)52(61)53(62)55-23-15-14-18-43(55)45(58)31-41(35(3)28-40-20-22-46(67-25-24-56)48(29-40)65-9)30-44(57)36(4)27-38(6)50(60)51(66-10)49(59)37(5)26-33/h11-13,16-17,27,33,35-37,39-43,46-48,50-51,56,60,63H,14-15,18-26,28-32H2,1-10H3/b13-11?,16-12+,34-17?,38-27+/t33-,35-,36-,37-,39-,40+,41-,42+,43+,46-,47+,48-,50-,51+,54-/m1/s1. The van der Waals surface area contributed by atoms with Gasteiger partial charge in [-0.3, -0.25) is 24.0 Å². The van der Waals surface area contributed by atoms with E-state index in [-0.39, 0.29) is 79.9 Å². The summed E-state index contributed by atoms with van der Waals surface area (Å²) in [4.78, 5) is 72.7. The van der Waals surface area contributed by atoms with Crippen LogP contribution in [0.3, 0.4) is 0 Å². The van der Waals surface area contributed by atoms with Crippen molar-refractivity contribution in [3.63, 3.8) is 0 Å². The number of ketones is 4. The molecule has 0 radical (unpaired) electrons. The highest BCUT2D eigenvalue weighted by atomic mass is 16.6. The zero-order valence-electron chi connectivity index (χ0n) is 42.7. The number of carbonyl (C=O) groups is 5. The molecule has 3 fully saturated rings. The van der Waals surface area contributed by atoms with Crippen LogP contribution in [0.15, 0.2) is 47.6 Å². The Bertz CT molecular complexity index is 1810. The smallest absolute Gasteiger partial charge is 0.296 e. The molecular formula is C54H85NO13. The van der Waals surface area contributed by atoms with Gasteiger partial charge in [-0.25, -0.2) is 0 Å². The zero-order valence-corrected chi connectivity index (χ0v) is 42.7. The number of hydrogen-bond acceptors (Lipinski definition) is 13. The SMILES string of the molecule is CO[C@H]1C[C@@H]2CC[C@@H](C)[C@@](O)(O2)C(=O)C(=O)N2CCCC[C@H]2C(=O)C[C@H]([C@H](C)C[C@@H]2CC[C@@H](OCCO)[C@H](OC)C2)CC(=O)[C@H](C)/C=C(\C)[C@@H](O)[C@@H](OC)C(=O)[C@H](C)C[C@H](C)/C=C/C=CC=C1C. The summed E-state index contributed by atoms with van der Waals surface area (Å²) < 4.78 is 29.4. The first-order valence-corrected chi connectivity index (χ1v) is 25.3. The van der Waals surface area contributed by atoms with Crippen molar-refractivity contribution in [1.29, 1.82) is 0 Å². The molecule has 0 aromatic heterocycles. The maximum Gasteiger partial charge on any atom is 0.296 e. The van der Waals surface area contributed by atoms with Crippen molar-refractivity contribution in [3.8, 4) is 0 Å². The summed E-state index contributed by atoms with van der Waals surface area (Å²) in [6.07, 6.45) is 14.0. The van der Waals surface area contributed by atoms with E-state index in [0.717, 1.165) is 18.4 Å². The second kappa shape index (κ2) is 27.4. The van der Waals surface area contributed by atoms with Gasteiger partial charge in [-0.2, -0.15) is 0 Å². The summed E-state index contributed by atoms with van der Waals surface area (Å²) in [5.74, 6) is -7.13. The van der Waals surface area contributed by atoms with Gasteiger partial charge in [0.1, 0.15) is 18.0 Å². The molecule has 14 heteroatoms. The van der Waals surface area contributed by atoms with Crippen molar-refractivity contribution < 1.29 is 63.0 Å². The van der Waals surface area contributed by atoms with Crippen LogP contribution < -0.4 is 0 Å². The molecule has 14 nitrogen and oxygen atoms in total. The third-order valence-corrected chi connectivity index (χ3v) is 15.4. The molecule has 68 heavy (non-hydrogen) atoms. The van der Waals surface area contributed by atoms with E-state index in [9.17, 15) is 39.3 Å². The van der Waals surface area contributed by atoms with Crippen molar-refractivity contribution in [3.05, 3.63) is 47.6 Å². The van der Waals surface area contributed by atoms with Crippen molar-refractivity contribution in [2.75, 3.05) is 41.1 Å². The number of fused-ring (bicyclic) bond motifs is 3. The number of Topliss-reactive ketones (excluding diaryl/α,β-unsaturated/α-hetero) is 4. The molecular weight excluding hydrogens is 871 g/mol. The molecule has 4 aliphatic rings. The molecule has 0 spiro atoms. The summed E-state index contributed by atoms with van der Waals surface area (Å²) in [7, 11) is 4.64. The molecule has 15 atom stereocenters. The molecule has 3 N–H and O–H groups in total. The number of allylic oxidation sites excluding steroid dienone is 6. The molecule has 0 unspecified atom stereocenters. The average molecular weight is 956 g/mol. The summed E-state index contributed by atoms with van der Waals surface area (Å²) in [6, 6.07) is -0.923. The molecule has 1 amide bonds. The molecule has 2 bridgehead atoms. The average Bonchev–Trinajstić information content (AvgIpc) is 3.32. The monoisotopic (exact) mass is 956 g/mol. The van der Waals surface area contributed by atoms with Crippen LogP contribution in [0.25, 0.3) is 0 Å². The number of carbonyl (C=O) groups excluding carboxylic acids is 5. The van der Waals surface area contributed by atoms with Crippen molar-refractivity contribution in [1.82, 2.24) is 4.90 Å². The first-order valence-electron chi connectivity index (χ1n) is 25.3. The Labute approximate surface area is 406 Å². The fourth-order valence-electron chi connectivity index (χ4n) is 11.0. The topological polar surface area (TPSA) is 195 Å². The maximum absolute atomic E-state index is 14.7. The lowest BCUT2D eigenvalue weighted by Crippen LogP contribution is -2.60. The van der Waals surface area contributed by atoms with Crippen LogP contribution in [-0.2, 0) is 47.7 Å². The number of hydrogen-bond donors (Lipinski definition) is 3. The molecule has 0 aromatic rings. The van der Waals surface area contributed by atoms with Gasteiger partial charge < -0.3 is 43.9 Å². The van der Waals surface area contributed by atoms with Gasteiger partial charge in [0.15, 0.2) is 11.6 Å². The van der Waals surface area contributed by atoms with Crippen LogP contribution in [0.1, 0.15) is 132 Å². The van der Waals surface area contributed by atoms with Crippen LogP contribution in [0.4, 0.5) is 0 Å². The highest BCUT2D eigenvalue weighted by Gasteiger charge is 2.53. The molecule has 3 aliphatic heterocycles. The van der Waals surface area contributed by atoms with E-state index in [2.05, 4.69) is 6.92 Å². The van der Waals surface area contributed by atoms with E-state index >= 15 is 0 Å². The molecule has 2 saturated heterocycles. The van der Waals surface area contributed by atoms with Gasteiger partial charge >= 0.3 is 0 Å². The quantitative estimate of drug-likeness (QED) is 0.160. The molecule has 0 aromatic carbocycles. The number of aliphatic hydroxyl groups is 3. The Morgan fingerprint density at radius 2 is 1.54 bits per heavy atom. The van der Waals surface area contributed by atoms with Gasteiger partial charge in [-0.15, -0.1) is 0 Å². The third-order valence-electron chi connectivity index (χ3n) is 15.4. The predicted molar refractivity (Wildman–Crippen MR) is 259 cm³/mol.